The van der Waals surface area contributed by atoms with Crippen LogP contribution >= 0.6 is 0 Å². The average Bonchev–Trinajstić information content (AvgIpc) is 3.01. The first-order chi connectivity index (χ1) is 13.0. The highest BCUT2D eigenvalue weighted by atomic mass is 16.5. The summed E-state index contributed by atoms with van der Waals surface area (Å²) >= 11 is 0. The van der Waals surface area contributed by atoms with Gasteiger partial charge in [-0.2, -0.15) is 0 Å². The van der Waals surface area contributed by atoms with Crippen molar-refractivity contribution in [3.8, 4) is 11.5 Å². The van der Waals surface area contributed by atoms with Gasteiger partial charge < -0.3 is 23.9 Å². The molecule has 1 aromatic heterocycles. The predicted molar refractivity (Wildman–Crippen MR) is 104 cm³/mol. The van der Waals surface area contributed by atoms with E-state index in [9.17, 15) is 4.79 Å². The molecule has 0 aliphatic heterocycles. The second kappa shape index (κ2) is 8.14. The molecular weight excluding hydrogens is 346 g/mol. The van der Waals surface area contributed by atoms with E-state index in [4.69, 9.17) is 18.6 Å². The fourth-order valence-corrected chi connectivity index (χ4v) is 2.89. The molecule has 0 saturated carbocycles. The van der Waals surface area contributed by atoms with Gasteiger partial charge in [-0.1, -0.05) is 18.2 Å². The Hall–Kier alpha value is -2.99. The van der Waals surface area contributed by atoms with Gasteiger partial charge in [0.2, 0.25) is 0 Å². The standard InChI is InChI=1S/C21H23NO5/c1-13-6-5-7-16-14(2)20(27-19(13)16)21(23)22-15-8-9-17(25-4)18(12-15)26-11-10-24-3/h5-9,12H,10-11H2,1-4H3,(H,22,23). The molecule has 2 aromatic carbocycles. The van der Waals surface area contributed by atoms with E-state index in [-0.39, 0.29) is 5.91 Å². The summed E-state index contributed by atoms with van der Waals surface area (Å²) in [6, 6.07) is 11.1. The first kappa shape index (κ1) is 18.8. The fourth-order valence-electron chi connectivity index (χ4n) is 2.89. The van der Waals surface area contributed by atoms with E-state index in [1.165, 1.54) is 0 Å². The number of nitrogens with one attached hydrogen (secondary N) is 1. The van der Waals surface area contributed by atoms with E-state index in [2.05, 4.69) is 5.32 Å². The number of carbonyl (C=O) groups excluding carboxylic acids is 1. The summed E-state index contributed by atoms with van der Waals surface area (Å²) in [4.78, 5) is 12.7. The normalized spacial score (nSPS) is 10.8. The Kier molecular flexibility index (Phi) is 5.66. The molecule has 0 aliphatic carbocycles. The molecule has 1 N–H and O–H groups in total. The summed E-state index contributed by atoms with van der Waals surface area (Å²) < 4.78 is 21.8. The van der Waals surface area contributed by atoms with Crippen LogP contribution in [0.25, 0.3) is 11.0 Å². The molecule has 1 heterocycles. The minimum Gasteiger partial charge on any atom is -0.493 e. The van der Waals surface area contributed by atoms with Gasteiger partial charge in [-0.25, -0.2) is 0 Å². The van der Waals surface area contributed by atoms with Crippen LogP contribution in [-0.2, 0) is 4.74 Å². The average molecular weight is 369 g/mol. The maximum Gasteiger partial charge on any atom is 0.291 e. The second-order valence-corrected chi connectivity index (χ2v) is 6.17. The topological polar surface area (TPSA) is 69.9 Å². The first-order valence-electron chi connectivity index (χ1n) is 8.65. The molecular formula is C21H23NO5. The third kappa shape index (κ3) is 3.90. The van der Waals surface area contributed by atoms with Crippen LogP contribution in [0, 0.1) is 13.8 Å². The van der Waals surface area contributed by atoms with Crippen LogP contribution in [0.5, 0.6) is 11.5 Å². The van der Waals surface area contributed by atoms with Gasteiger partial charge in [0.15, 0.2) is 17.3 Å². The van der Waals surface area contributed by atoms with E-state index in [1.54, 1.807) is 32.4 Å². The molecule has 0 atom stereocenters. The number of carbonyl (C=O) groups is 1. The third-order valence-corrected chi connectivity index (χ3v) is 4.33. The zero-order valence-electron chi connectivity index (χ0n) is 15.9. The zero-order valence-corrected chi connectivity index (χ0v) is 15.9. The predicted octanol–water partition coefficient (Wildman–Crippen LogP) is 4.34. The number of furan rings is 1. The number of benzene rings is 2. The van der Waals surface area contributed by atoms with Crippen molar-refractivity contribution in [2.24, 2.45) is 0 Å². The van der Waals surface area contributed by atoms with Gasteiger partial charge in [0.25, 0.3) is 5.91 Å². The number of methoxy groups -OCH3 is 2. The number of rotatable bonds is 7. The van der Waals surface area contributed by atoms with Gasteiger partial charge in [0, 0.05) is 29.8 Å². The minimum atomic E-state index is -0.309. The Morgan fingerprint density at radius 1 is 1.07 bits per heavy atom. The molecule has 0 spiro atoms. The van der Waals surface area contributed by atoms with Crippen LogP contribution in [0.3, 0.4) is 0 Å². The molecule has 3 aromatic rings. The van der Waals surface area contributed by atoms with Crippen LogP contribution < -0.4 is 14.8 Å². The van der Waals surface area contributed by atoms with Crippen LogP contribution in [0.4, 0.5) is 5.69 Å². The monoisotopic (exact) mass is 369 g/mol. The van der Waals surface area contributed by atoms with Crippen LogP contribution in [0.2, 0.25) is 0 Å². The summed E-state index contributed by atoms with van der Waals surface area (Å²) in [6.07, 6.45) is 0. The minimum absolute atomic E-state index is 0.303. The molecule has 0 radical (unpaired) electrons. The van der Waals surface area contributed by atoms with E-state index >= 15 is 0 Å². The smallest absolute Gasteiger partial charge is 0.291 e. The van der Waals surface area contributed by atoms with Crippen LogP contribution in [0.15, 0.2) is 40.8 Å². The van der Waals surface area contributed by atoms with Gasteiger partial charge in [-0.3, -0.25) is 4.79 Å². The number of aryl methyl sites for hydroxylation is 2. The maximum absolute atomic E-state index is 12.7. The van der Waals surface area contributed by atoms with Crippen molar-refractivity contribution in [1.82, 2.24) is 0 Å². The van der Waals surface area contributed by atoms with Gasteiger partial charge in [0.05, 0.1) is 13.7 Å². The first-order valence-corrected chi connectivity index (χ1v) is 8.65. The van der Waals surface area contributed by atoms with Gasteiger partial charge >= 0.3 is 0 Å². The Labute approximate surface area is 158 Å². The molecule has 1 amide bonds. The summed E-state index contributed by atoms with van der Waals surface area (Å²) in [6.45, 7) is 4.68. The van der Waals surface area contributed by atoms with Crippen LogP contribution in [0.1, 0.15) is 21.7 Å². The SMILES string of the molecule is COCCOc1cc(NC(=O)c2oc3c(C)cccc3c2C)ccc1OC. The number of amides is 1. The maximum atomic E-state index is 12.7. The lowest BCUT2D eigenvalue weighted by molar-refractivity contribution is 0.0998. The largest absolute Gasteiger partial charge is 0.493 e. The number of hydrogen-bond acceptors (Lipinski definition) is 5. The second-order valence-electron chi connectivity index (χ2n) is 6.17. The summed E-state index contributed by atoms with van der Waals surface area (Å²) in [7, 11) is 3.17. The molecule has 0 fully saturated rings. The van der Waals surface area contributed by atoms with E-state index < -0.39 is 0 Å². The number of hydrogen-bond donors (Lipinski definition) is 1. The van der Waals surface area contributed by atoms with Crippen molar-refractivity contribution in [1.29, 1.82) is 0 Å². The van der Waals surface area contributed by atoms with Gasteiger partial charge in [0.1, 0.15) is 12.2 Å². The highest BCUT2D eigenvalue weighted by Gasteiger charge is 2.19. The molecule has 0 bridgehead atoms. The van der Waals surface area contributed by atoms with Crippen molar-refractivity contribution in [2.75, 3.05) is 32.8 Å². The third-order valence-electron chi connectivity index (χ3n) is 4.33. The van der Waals surface area contributed by atoms with Crippen molar-refractivity contribution in [2.45, 2.75) is 13.8 Å². The number of fused-ring (bicyclic) bond motifs is 1. The van der Waals surface area contributed by atoms with E-state index in [0.29, 0.717) is 36.2 Å². The lowest BCUT2D eigenvalue weighted by Crippen LogP contribution is -2.12. The Bertz CT molecular complexity index is 961. The summed E-state index contributed by atoms with van der Waals surface area (Å²) in [5.41, 5.74) is 3.13. The molecule has 0 unspecified atom stereocenters. The Balaban J connectivity index is 1.84. The molecule has 27 heavy (non-hydrogen) atoms. The van der Waals surface area contributed by atoms with Crippen molar-refractivity contribution < 1.29 is 23.4 Å². The van der Waals surface area contributed by atoms with Crippen LogP contribution in [-0.4, -0.2) is 33.3 Å². The van der Waals surface area contributed by atoms with E-state index in [1.807, 2.05) is 32.0 Å². The lowest BCUT2D eigenvalue weighted by Gasteiger charge is -2.12. The Morgan fingerprint density at radius 2 is 1.89 bits per heavy atom. The fraction of sp³-hybridized carbons (Fsp3) is 0.286. The molecule has 142 valence electrons. The summed E-state index contributed by atoms with van der Waals surface area (Å²) in [5, 5.41) is 3.81. The van der Waals surface area contributed by atoms with Crippen molar-refractivity contribution >= 4 is 22.6 Å². The van der Waals surface area contributed by atoms with Gasteiger partial charge in [-0.15, -0.1) is 0 Å². The molecule has 3 rings (SSSR count). The number of para-hydroxylation sites is 1. The molecule has 0 aliphatic rings. The highest BCUT2D eigenvalue weighted by Crippen LogP contribution is 2.32. The molecule has 0 saturated heterocycles. The Morgan fingerprint density at radius 3 is 2.59 bits per heavy atom. The highest BCUT2D eigenvalue weighted by molar-refractivity contribution is 6.06. The van der Waals surface area contributed by atoms with E-state index in [0.717, 1.165) is 22.1 Å². The van der Waals surface area contributed by atoms with Crippen molar-refractivity contribution in [3.63, 3.8) is 0 Å². The summed E-state index contributed by atoms with van der Waals surface area (Å²) in [5.74, 6) is 1.11. The lowest BCUT2D eigenvalue weighted by atomic mass is 10.1. The molecule has 6 nitrogen and oxygen atoms in total. The number of anilines is 1. The quantitative estimate of drug-likeness (QED) is 0.628. The number of ether oxygens (including phenoxy) is 3. The van der Waals surface area contributed by atoms with Gasteiger partial charge in [-0.05, 0) is 31.5 Å². The van der Waals surface area contributed by atoms with Crippen molar-refractivity contribution in [3.05, 3.63) is 53.3 Å². The molecule has 6 heteroatoms. The zero-order chi connectivity index (χ0) is 19.4.